The number of thiophene rings is 1. The molecule has 0 unspecified atom stereocenters. The van der Waals surface area contributed by atoms with Gasteiger partial charge in [-0.05, 0) is 56.2 Å². The Balaban J connectivity index is 1.74. The monoisotopic (exact) mass is 431 g/mol. The number of carbonyl (C=O) groups excluding carboxylic acids is 1. The first-order chi connectivity index (χ1) is 13.8. The number of amidine groups is 1. The summed E-state index contributed by atoms with van der Waals surface area (Å²) in [4.78, 5) is 16.3. The topological polar surface area (TPSA) is 78.8 Å². The Hall–Kier alpha value is -2.45. The molecule has 0 saturated carbocycles. The lowest BCUT2D eigenvalue weighted by Gasteiger charge is -2.17. The summed E-state index contributed by atoms with van der Waals surface area (Å²) < 4.78 is 29.6. The summed E-state index contributed by atoms with van der Waals surface area (Å²) in [7, 11) is -1.97. The molecule has 2 aromatic rings. The first-order valence-electron chi connectivity index (χ1n) is 9.54. The lowest BCUT2D eigenvalue weighted by atomic mass is 10.2. The molecule has 2 heterocycles. The van der Waals surface area contributed by atoms with Gasteiger partial charge in [0.2, 0.25) is 5.91 Å². The molecule has 1 saturated heterocycles. The second kappa shape index (κ2) is 9.37. The Morgan fingerprint density at radius 3 is 2.79 bits per heavy atom. The van der Waals surface area contributed by atoms with E-state index < -0.39 is 10.0 Å². The molecular weight excluding hydrogens is 406 g/mol. The Bertz CT molecular complexity index is 1040. The van der Waals surface area contributed by atoms with E-state index in [1.807, 2.05) is 31.0 Å². The zero-order valence-corrected chi connectivity index (χ0v) is 18.2. The number of carbonyl (C=O) groups is 1. The van der Waals surface area contributed by atoms with E-state index in [9.17, 15) is 13.2 Å². The number of benzene rings is 1. The van der Waals surface area contributed by atoms with Crippen LogP contribution in [0.1, 0.15) is 35.4 Å². The van der Waals surface area contributed by atoms with E-state index in [2.05, 4.69) is 9.71 Å². The van der Waals surface area contributed by atoms with Crippen molar-refractivity contribution in [3.05, 3.63) is 52.2 Å². The van der Waals surface area contributed by atoms with Crippen LogP contribution in [0.4, 0.5) is 5.69 Å². The molecule has 1 amide bonds. The van der Waals surface area contributed by atoms with Crippen LogP contribution in [0.2, 0.25) is 0 Å². The number of aryl methyl sites for hydroxylation is 1. The van der Waals surface area contributed by atoms with Gasteiger partial charge in [0.05, 0.1) is 4.90 Å². The number of rotatable bonds is 5. The van der Waals surface area contributed by atoms with E-state index in [1.54, 1.807) is 29.5 Å². The third-order valence-corrected chi connectivity index (χ3v) is 6.89. The van der Waals surface area contributed by atoms with Gasteiger partial charge in [-0.2, -0.15) is 8.42 Å². The van der Waals surface area contributed by atoms with E-state index >= 15 is 0 Å². The SMILES string of the molecule is Cc1ccc(/C=C/C(=O)Nc2cccc(S(=O)(=O)/N=C3\CCCCCN3C)c2)s1. The summed E-state index contributed by atoms with van der Waals surface area (Å²) >= 11 is 1.60. The third-order valence-electron chi connectivity index (χ3n) is 4.62. The fourth-order valence-corrected chi connectivity index (χ4v) is 4.97. The summed E-state index contributed by atoms with van der Waals surface area (Å²) in [5, 5.41) is 2.71. The third kappa shape index (κ3) is 6.01. The van der Waals surface area contributed by atoms with Crippen LogP contribution in [0.3, 0.4) is 0 Å². The van der Waals surface area contributed by atoms with Crippen molar-refractivity contribution >= 4 is 44.9 Å². The van der Waals surface area contributed by atoms with Crippen LogP contribution < -0.4 is 5.32 Å². The average Bonchev–Trinajstić information content (AvgIpc) is 3.00. The van der Waals surface area contributed by atoms with Gasteiger partial charge in [0, 0.05) is 41.5 Å². The van der Waals surface area contributed by atoms with E-state index in [1.165, 1.54) is 23.1 Å². The molecule has 6 nitrogen and oxygen atoms in total. The van der Waals surface area contributed by atoms with Crippen molar-refractivity contribution < 1.29 is 13.2 Å². The zero-order valence-electron chi connectivity index (χ0n) is 16.6. The first-order valence-corrected chi connectivity index (χ1v) is 11.8. The molecule has 1 aromatic heterocycles. The molecule has 0 radical (unpaired) electrons. The van der Waals surface area contributed by atoms with Gasteiger partial charge in [-0.15, -0.1) is 15.7 Å². The van der Waals surface area contributed by atoms with Crippen LogP contribution in [-0.2, 0) is 14.8 Å². The van der Waals surface area contributed by atoms with Crippen LogP contribution >= 0.6 is 11.3 Å². The maximum Gasteiger partial charge on any atom is 0.284 e. The number of likely N-dealkylation sites (tertiary alicyclic amines) is 1. The Morgan fingerprint density at radius 2 is 2.03 bits per heavy atom. The smallest absolute Gasteiger partial charge is 0.284 e. The predicted octanol–water partition coefficient (Wildman–Crippen LogP) is 4.30. The number of anilines is 1. The van der Waals surface area contributed by atoms with Crippen LogP contribution in [0, 0.1) is 6.92 Å². The minimum atomic E-state index is -3.84. The lowest BCUT2D eigenvalue weighted by Crippen LogP contribution is -2.26. The maximum absolute atomic E-state index is 12.8. The molecule has 1 aliphatic rings. The predicted molar refractivity (Wildman–Crippen MR) is 119 cm³/mol. The number of hydrogen-bond donors (Lipinski definition) is 1. The largest absolute Gasteiger partial charge is 0.362 e. The molecule has 0 bridgehead atoms. The molecular formula is C21H25N3O3S2. The number of amides is 1. The highest BCUT2D eigenvalue weighted by atomic mass is 32.2. The summed E-state index contributed by atoms with van der Waals surface area (Å²) in [5.74, 6) is 0.270. The standard InChI is InChI=1S/C21H25N3O3S2/c1-16-10-11-18(28-16)12-13-21(25)22-17-7-6-8-19(15-17)29(26,27)23-20-9-4-3-5-14-24(20)2/h6-8,10-13,15H,3-5,9,14H2,1-2H3,(H,22,25)/b13-12+,23-20+. The highest BCUT2D eigenvalue weighted by Crippen LogP contribution is 2.21. The molecule has 1 fully saturated rings. The highest BCUT2D eigenvalue weighted by molar-refractivity contribution is 7.90. The van der Waals surface area contributed by atoms with Crippen molar-refractivity contribution in [2.75, 3.05) is 18.9 Å². The van der Waals surface area contributed by atoms with Crippen LogP contribution in [0.15, 0.2) is 51.8 Å². The molecule has 29 heavy (non-hydrogen) atoms. The van der Waals surface area contributed by atoms with Crippen LogP contribution in [0.5, 0.6) is 0 Å². The Labute approximate surface area is 176 Å². The second-order valence-corrected chi connectivity index (χ2v) is 9.94. The van der Waals surface area contributed by atoms with Gasteiger partial charge in [0.15, 0.2) is 0 Å². The van der Waals surface area contributed by atoms with Crippen molar-refractivity contribution in [2.24, 2.45) is 4.40 Å². The van der Waals surface area contributed by atoms with Gasteiger partial charge in [0.1, 0.15) is 5.84 Å². The van der Waals surface area contributed by atoms with Gasteiger partial charge >= 0.3 is 0 Å². The zero-order chi connectivity index (χ0) is 20.9. The van der Waals surface area contributed by atoms with Gasteiger partial charge in [0.25, 0.3) is 10.0 Å². The molecule has 1 aliphatic heterocycles. The number of nitrogens with one attached hydrogen (secondary N) is 1. The van der Waals surface area contributed by atoms with Gasteiger partial charge in [-0.25, -0.2) is 0 Å². The van der Waals surface area contributed by atoms with Gasteiger partial charge < -0.3 is 10.2 Å². The van der Waals surface area contributed by atoms with E-state index in [0.29, 0.717) is 17.9 Å². The van der Waals surface area contributed by atoms with Gasteiger partial charge in [-0.3, -0.25) is 4.79 Å². The number of hydrogen-bond acceptors (Lipinski definition) is 4. The molecule has 0 spiro atoms. The summed E-state index contributed by atoms with van der Waals surface area (Å²) in [5.41, 5.74) is 0.414. The summed E-state index contributed by atoms with van der Waals surface area (Å²) in [6.07, 6.45) is 6.87. The Morgan fingerprint density at radius 1 is 1.21 bits per heavy atom. The summed E-state index contributed by atoms with van der Waals surface area (Å²) in [6.45, 7) is 2.81. The second-order valence-electron chi connectivity index (χ2n) is 7.01. The van der Waals surface area contributed by atoms with Crippen molar-refractivity contribution in [1.82, 2.24) is 4.90 Å². The van der Waals surface area contributed by atoms with E-state index in [4.69, 9.17) is 0 Å². The fourth-order valence-electron chi connectivity index (χ4n) is 3.05. The minimum absolute atomic E-state index is 0.0679. The van der Waals surface area contributed by atoms with Gasteiger partial charge in [-0.1, -0.05) is 12.5 Å². The molecule has 1 N–H and O–H groups in total. The molecule has 154 valence electrons. The van der Waals surface area contributed by atoms with E-state index in [0.717, 1.165) is 30.7 Å². The summed E-state index contributed by atoms with van der Waals surface area (Å²) in [6, 6.07) is 10.1. The molecule has 1 aromatic carbocycles. The van der Waals surface area contributed by atoms with Crippen molar-refractivity contribution in [1.29, 1.82) is 0 Å². The fraction of sp³-hybridized carbons (Fsp3) is 0.333. The molecule has 0 aliphatic carbocycles. The number of sulfonamides is 1. The first kappa shape index (κ1) is 21.3. The van der Waals surface area contributed by atoms with Crippen LogP contribution in [0.25, 0.3) is 6.08 Å². The molecule has 8 heteroatoms. The number of nitrogens with zero attached hydrogens (tertiary/aromatic N) is 2. The van der Waals surface area contributed by atoms with Crippen molar-refractivity contribution in [2.45, 2.75) is 37.5 Å². The Kier molecular flexibility index (Phi) is 6.87. The maximum atomic E-state index is 12.8. The lowest BCUT2D eigenvalue weighted by molar-refractivity contribution is -0.111. The van der Waals surface area contributed by atoms with E-state index in [-0.39, 0.29) is 10.8 Å². The quantitative estimate of drug-likeness (QED) is 0.716. The molecule has 0 atom stereocenters. The molecule has 3 rings (SSSR count). The average molecular weight is 432 g/mol. The van der Waals surface area contributed by atoms with Crippen molar-refractivity contribution in [3.8, 4) is 0 Å². The highest BCUT2D eigenvalue weighted by Gasteiger charge is 2.18. The van der Waals surface area contributed by atoms with Crippen molar-refractivity contribution in [3.63, 3.8) is 0 Å². The minimum Gasteiger partial charge on any atom is -0.362 e. The van der Waals surface area contributed by atoms with Crippen LogP contribution in [-0.4, -0.2) is 38.7 Å². The normalized spacial score (nSPS) is 16.9.